The number of sulfonamides is 1. The van der Waals surface area contributed by atoms with Gasteiger partial charge in [0.25, 0.3) is 5.91 Å². The van der Waals surface area contributed by atoms with Gasteiger partial charge in [0.2, 0.25) is 10.0 Å². The largest absolute Gasteiger partial charge is 0.349 e. The Labute approximate surface area is 155 Å². The Bertz CT molecular complexity index is 858. The molecule has 1 saturated carbocycles. The maximum Gasteiger partial charge on any atom is 0.251 e. The van der Waals surface area contributed by atoms with Crippen LogP contribution in [0, 0.1) is 0 Å². The summed E-state index contributed by atoms with van der Waals surface area (Å²) in [5, 5.41) is 2.90. The molecule has 0 spiro atoms. The molecule has 0 atom stereocenters. The molecule has 138 valence electrons. The second-order valence-corrected chi connectivity index (χ2v) is 8.79. The van der Waals surface area contributed by atoms with Gasteiger partial charge in [-0.3, -0.25) is 4.79 Å². The van der Waals surface area contributed by atoms with E-state index in [1.54, 1.807) is 12.1 Å². The number of benzene rings is 2. The van der Waals surface area contributed by atoms with Crippen LogP contribution in [-0.2, 0) is 16.6 Å². The van der Waals surface area contributed by atoms with Crippen molar-refractivity contribution < 1.29 is 13.2 Å². The molecule has 1 aliphatic carbocycles. The van der Waals surface area contributed by atoms with Gasteiger partial charge in [-0.2, -0.15) is 4.31 Å². The van der Waals surface area contributed by atoms with Gasteiger partial charge in [-0.05, 0) is 56.5 Å². The number of hydrogen-bond acceptors (Lipinski definition) is 3. The third-order valence-corrected chi connectivity index (χ3v) is 6.43. The Balaban J connectivity index is 1.81. The fourth-order valence-corrected chi connectivity index (χ4v) is 4.34. The molecule has 1 N–H and O–H groups in total. The first kappa shape index (κ1) is 18.6. The van der Waals surface area contributed by atoms with Gasteiger partial charge in [0.15, 0.2) is 0 Å². The lowest BCUT2D eigenvalue weighted by Crippen LogP contribution is -2.36. The highest BCUT2D eigenvalue weighted by atomic mass is 32.2. The average Bonchev–Trinajstić information content (AvgIpc) is 3.44. The summed E-state index contributed by atoms with van der Waals surface area (Å²) >= 11 is 0. The molecule has 1 fully saturated rings. The van der Waals surface area contributed by atoms with Crippen molar-refractivity contribution in [2.24, 2.45) is 0 Å². The minimum absolute atomic E-state index is 0.151. The number of hydrogen-bond donors (Lipinski definition) is 1. The van der Waals surface area contributed by atoms with Gasteiger partial charge in [0, 0.05) is 24.2 Å². The number of amides is 1. The first-order valence-electron chi connectivity index (χ1n) is 8.84. The normalized spacial score (nSPS) is 14.6. The van der Waals surface area contributed by atoms with Crippen LogP contribution < -0.4 is 5.32 Å². The van der Waals surface area contributed by atoms with E-state index in [0.29, 0.717) is 12.1 Å². The predicted molar refractivity (Wildman–Crippen MR) is 101 cm³/mol. The van der Waals surface area contributed by atoms with E-state index in [2.05, 4.69) is 5.32 Å². The van der Waals surface area contributed by atoms with Crippen molar-refractivity contribution in [1.29, 1.82) is 0 Å². The molecule has 3 rings (SSSR count). The summed E-state index contributed by atoms with van der Waals surface area (Å²) in [5.41, 5.74) is 1.42. The third-order valence-electron chi connectivity index (χ3n) is 4.39. The van der Waals surface area contributed by atoms with Crippen LogP contribution >= 0.6 is 0 Å². The topological polar surface area (TPSA) is 66.5 Å². The molecule has 0 saturated heterocycles. The average molecular weight is 372 g/mol. The molecule has 2 aromatic rings. The van der Waals surface area contributed by atoms with Crippen LogP contribution in [0.3, 0.4) is 0 Å². The van der Waals surface area contributed by atoms with Gasteiger partial charge in [0.05, 0.1) is 4.90 Å². The zero-order valence-corrected chi connectivity index (χ0v) is 15.9. The lowest BCUT2D eigenvalue weighted by Gasteiger charge is -2.26. The lowest BCUT2D eigenvalue weighted by atomic mass is 10.2. The SMILES string of the molecule is CC(C)N(Cc1ccccc1)S(=O)(=O)c1ccc(C(=O)NC2CC2)cc1. The van der Waals surface area contributed by atoms with Crippen molar-refractivity contribution in [2.75, 3.05) is 0 Å². The van der Waals surface area contributed by atoms with Crippen molar-refractivity contribution >= 4 is 15.9 Å². The summed E-state index contributed by atoms with van der Waals surface area (Å²) in [6, 6.07) is 15.8. The molecule has 0 radical (unpaired) electrons. The van der Waals surface area contributed by atoms with E-state index in [1.807, 2.05) is 44.2 Å². The lowest BCUT2D eigenvalue weighted by molar-refractivity contribution is 0.0951. The highest BCUT2D eigenvalue weighted by Gasteiger charge is 2.28. The minimum Gasteiger partial charge on any atom is -0.349 e. The highest BCUT2D eigenvalue weighted by Crippen LogP contribution is 2.23. The van der Waals surface area contributed by atoms with Crippen molar-refractivity contribution in [2.45, 2.75) is 50.2 Å². The van der Waals surface area contributed by atoms with Crippen LogP contribution in [-0.4, -0.2) is 30.7 Å². The zero-order valence-electron chi connectivity index (χ0n) is 15.1. The smallest absolute Gasteiger partial charge is 0.251 e. The fraction of sp³-hybridized carbons (Fsp3) is 0.350. The Hall–Kier alpha value is -2.18. The molecule has 1 aliphatic rings. The maximum absolute atomic E-state index is 13.1. The Kier molecular flexibility index (Phi) is 5.44. The molecule has 6 heteroatoms. The summed E-state index contributed by atoms with van der Waals surface area (Å²) in [6.45, 7) is 4.03. The quantitative estimate of drug-likeness (QED) is 0.812. The van der Waals surface area contributed by atoms with Gasteiger partial charge in [-0.25, -0.2) is 8.42 Å². The van der Waals surface area contributed by atoms with E-state index in [-0.39, 0.29) is 22.9 Å². The van der Waals surface area contributed by atoms with Gasteiger partial charge < -0.3 is 5.32 Å². The summed E-state index contributed by atoms with van der Waals surface area (Å²) in [5.74, 6) is -0.151. The van der Waals surface area contributed by atoms with E-state index < -0.39 is 10.0 Å². The molecule has 0 bridgehead atoms. The molecule has 0 heterocycles. The summed E-state index contributed by atoms with van der Waals surface area (Å²) in [6.07, 6.45) is 2.03. The van der Waals surface area contributed by atoms with E-state index in [1.165, 1.54) is 16.4 Å². The second kappa shape index (κ2) is 7.60. The van der Waals surface area contributed by atoms with Crippen molar-refractivity contribution in [3.05, 3.63) is 65.7 Å². The molecule has 0 aromatic heterocycles. The van der Waals surface area contributed by atoms with Crippen LogP contribution in [0.1, 0.15) is 42.6 Å². The van der Waals surface area contributed by atoms with Gasteiger partial charge in [-0.15, -0.1) is 0 Å². The van der Waals surface area contributed by atoms with E-state index >= 15 is 0 Å². The first-order chi connectivity index (χ1) is 12.4. The number of nitrogens with zero attached hydrogens (tertiary/aromatic N) is 1. The van der Waals surface area contributed by atoms with Crippen molar-refractivity contribution in [3.63, 3.8) is 0 Å². The Morgan fingerprint density at radius 3 is 2.23 bits per heavy atom. The molecule has 1 amide bonds. The number of carbonyl (C=O) groups is 1. The monoisotopic (exact) mass is 372 g/mol. The van der Waals surface area contributed by atoms with Crippen LogP contribution in [0.2, 0.25) is 0 Å². The van der Waals surface area contributed by atoms with Gasteiger partial charge in [0.1, 0.15) is 0 Å². The van der Waals surface area contributed by atoms with E-state index in [4.69, 9.17) is 0 Å². The number of nitrogens with one attached hydrogen (secondary N) is 1. The van der Waals surface area contributed by atoms with Crippen LogP contribution in [0.25, 0.3) is 0 Å². The Morgan fingerprint density at radius 2 is 1.69 bits per heavy atom. The highest BCUT2D eigenvalue weighted by molar-refractivity contribution is 7.89. The molecular weight excluding hydrogens is 348 g/mol. The Morgan fingerprint density at radius 1 is 1.08 bits per heavy atom. The fourth-order valence-electron chi connectivity index (χ4n) is 2.72. The number of carbonyl (C=O) groups excluding carboxylic acids is 1. The maximum atomic E-state index is 13.1. The minimum atomic E-state index is -3.65. The number of rotatable bonds is 7. The molecule has 5 nitrogen and oxygen atoms in total. The van der Waals surface area contributed by atoms with Crippen molar-refractivity contribution in [1.82, 2.24) is 9.62 Å². The zero-order chi connectivity index (χ0) is 18.7. The van der Waals surface area contributed by atoms with E-state index in [9.17, 15) is 13.2 Å². The standard InChI is InChI=1S/C20H24N2O3S/c1-15(2)22(14-16-6-4-3-5-7-16)26(24,25)19-12-8-17(9-13-19)20(23)21-18-10-11-18/h3-9,12-13,15,18H,10-11,14H2,1-2H3,(H,21,23). The third kappa shape index (κ3) is 4.31. The molecule has 0 aliphatic heterocycles. The molecular formula is C20H24N2O3S. The van der Waals surface area contributed by atoms with E-state index in [0.717, 1.165) is 18.4 Å². The summed E-state index contributed by atoms with van der Waals surface area (Å²) in [4.78, 5) is 12.3. The summed E-state index contributed by atoms with van der Waals surface area (Å²) < 4.78 is 27.6. The van der Waals surface area contributed by atoms with Crippen LogP contribution in [0.15, 0.2) is 59.5 Å². The summed E-state index contributed by atoms with van der Waals surface area (Å²) in [7, 11) is -3.65. The van der Waals surface area contributed by atoms with Crippen molar-refractivity contribution in [3.8, 4) is 0 Å². The van der Waals surface area contributed by atoms with Crippen LogP contribution in [0.5, 0.6) is 0 Å². The van der Waals surface area contributed by atoms with Gasteiger partial charge >= 0.3 is 0 Å². The first-order valence-corrected chi connectivity index (χ1v) is 10.3. The second-order valence-electron chi connectivity index (χ2n) is 6.90. The molecule has 26 heavy (non-hydrogen) atoms. The van der Waals surface area contributed by atoms with Crippen LogP contribution in [0.4, 0.5) is 0 Å². The predicted octanol–water partition coefficient (Wildman–Crippen LogP) is 3.18. The molecule has 2 aromatic carbocycles. The van der Waals surface area contributed by atoms with Gasteiger partial charge in [-0.1, -0.05) is 30.3 Å². The molecule has 0 unspecified atom stereocenters.